The zero-order valence-electron chi connectivity index (χ0n) is 16.2. The predicted molar refractivity (Wildman–Crippen MR) is 111 cm³/mol. The molecule has 2 nitrogen and oxygen atoms in total. The van der Waals surface area contributed by atoms with Crippen molar-refractivity contribution in [3.8, 4) is 5.75 Å². The molecule has 138 valence electrons. The summed E-state index contributed by atoms with van der Waals surface area (Å²) in [5.41, 5.74) is 4.61. The number of nitrogens with zero attached hydrogens (tertiary/aromatic N) is 1. The zero-order valence-corrected chi connectivity index (χ0v) is 17.8. The van der Waals surface area contributed by atoms with E-state index >= 15 is 0 Å². The van der Waals surface area contributed by atoms with Crippen LogP contribution in [0.3, 0.4) is 0 Å². The first-order chi connectivity index (χ1) is 12.4. The van der Waals surface area contributed by atoms with Crippen LogP contribution >= 0.6 is 15.9 Å². The topological polar surface area (TPSA) is 12.5 Å². The Hall–Kier alpha value is -1.32. The van der Waals surface area contributed by atoms with Gasteiger partial charge in [-0.25, -0.2) is 0 Å². The van der Waals surface area contributed by atoms with Crippen LogP contribution in [0.1, 0.15) is 43.9 Å². The van der Waals surface area contributed by atoms with E-state index in [-0.39, 0.29) is 10.8 Å². The maximum Gasteiger partial charge on any atom is 0.122 e. The van der Waals surface area contributed by atoms with Gasteiger partial charge in [-0.1, -0.05) is 67.0 Å². The number of piperidine rings is 1. The van der Waals surface area contributed by atoms with Crippen molar-refractivity contribution < 1.29 is 4.74 Å². The highest BCUT2D eigenvalue weighted by Gasteiger charge is 2.56. The molecule has 1 aliphatic heterocycles. The van der Waals surface area contributed by atoms with Crippen LogP contribution in [0.15, 0.2) is 46.9 Å². The Balaban J connectivity index is 1.79. The van der Waals surface area contributed by atoms with Crippen LogP contribution in [0.25, 0.3) is 0 Å². The lowest BCUT2D eigenvalue weighted by atomic mass is 9.51. The number of halogens is 1. The third-order valence-corrected chi connectivity index (χ3v) is 7.87. The van der Waals surface area contributed by atoms with Gasteiger partial charge in [-0.2, -0.15) is 0 Å². The molecule has 4 rings (SSSR count). The summed E-state index contributed by atoms with van der Waals surface area (Å²) in [6, 6.07) is 15.7. The molecule has 0 spiro atoms. The van der Waals surface area contributed by atoms with Crippen LogP contribution in [0.5, 0.6) is 5.75 Å². The molecule has 0 aromatic heterocycles. The summed E-state index contributed by atoms with van der Waals surface area (Å²) in [4.78, 5) is 2.69. The number of benzene rings is 2. The minimum Gasteiger partial charge on any atom is -0.496 e. The minimum atomic E-state index is 0.145. The Morgan fingerprint density at radius 3 is 2.54 bits per heavy atom. The van der Waals surface area contributed by atoms with Gasteiger partial charge < -0.3 is 4.74 Å². The van der Waals surface area contributed by atoms with Gasteiger partial charge in [-0.3, -0.25) is 4.90 Å². The third kappa shape index (κ3) is 2.55. The van der Waals surface area contributed by atoms with Gasteiger partial charge in [0.2, 0.25) is 0 Å². The van der Waals surface area contributed by atoms with Gasteiger partial charge in [0.25, 0.3) is 0 Å². The van der Waals surface area contributed by atoms with E-state index in [1.807, 2.05) is 0 Å². The van der Waals surface area contributed by atoms with Crippen LogP contribution in [0.2, 0.25) is 0 Å². The van der Waals surface area contributed by atoms with Gasteiger partial charge in [0.1, 0.15) is 5.75 Å². The second kappa shape index (κ2) is 6.38. The summed E-state index contributed by atoms with van der Waals surface area (Å²) in [6.45, 7) is 9.55. The highest BCUT2D eigenvalue weighted by molar-refractivity contribution is 9.10. The molecule has 1 saturated heterocycles. The van der Waals surface area contributed by atoms with E-state index in [0.717, 1.165) is 25.3 Å². The fraction of sp³-hybridized carbons (Fsp3) is 0.478. The molecule has 2 aromatic carbocycles. The van der Waals surface area contributed by atoms with E-state index in [2.05, 4.69) is 84.1 Å². The molecule has 3 heteroatoms. The predicted octanol–water partition coefficient (Wildman–Crippen LogP) is 5.57. The summed E-state index contributed by atoms with van der Waals surface area (Å²) >= 11 is 3.86. The maximum atomic E-state index is 5.76. The van der Waals surface area contributed by atoms with Crippen molar-refractivity contribution in [2.24, 2.45) is 5.41 Å². The molecule has 26 heavy (non-hydrogen) atoms. The third-order valence-electron chi connectivity index (χ3n) is 7.21. The molecule has 1 heterocycles. The van der Waals surface area contributed by atoms with Crippen molar-refractivity contribution in [1.82, 2.24) is 4.90 Å². The zero-order chi connectivity index (χ0) is 18.5. The molecule has 1 fully saturated rings. The van der Waals surface area contributed by atoms with Crippen LogP contribution in [0.4, 0.5) is 0 Å². The first-order valence-electron chi connectivity index (χ1n) is 9.52. The molecule has 1 aliphatic carbocycles. The van der Waals surface area contributed by atoms with Crippen molar-refractivity contribution in [3.05, 3.63) is 63.6 Å². The van der Waals surface area contributed by atoms with Crippen molar-refractivity contribution in [3.63, 3.8) is 0 Å². The van der Waals surface area contributed by atoms with Gasteiger partial charge in [-0.15, -0.1) is 0 Å². The average molecular weight is 414 g/mol. The van der Waals surface area contributed by atoms with E-state index in [4.69, 9.17) is 4.74 Å². The van der Waals surface area contributed by atoms with E-state index < -0.39 is 0 Å². The van der Waals surface area contributed by atoms with Gasteiger partial charge in [0.05, 0.1) is 7.11 Å². The first kappa shape index (κ1) is 18.1. The Morgan fingerprint density at radius 1 is 1.12 bits per heavy atom. The molecule has 2 atom stereocenters. The average Bonchev–Trinajstić information content (AvgIpc) is 2.61. The lowest BCUT2D eigenvalue weighted by Gasteiger charge is -2.61. The Kier molecular flexibility index (Phi) is 4.44. The Bertz CT molecular complexity index is 816. The molecule has 2 aromatic rings. The molecule has 0 amide bonds. The quantitative estimate of drug-likeness (QED) is 0.651. The van der Waals surface area contributed by atoms with Gasteiger partial charge in [-0.05, 0) is 48.1 Å². The summed E-state index contributed by atoms with van der Waals surface area (Å²) in [6.07, 6.45) is 2.22. The minimum absolute atomic E-state index is 0.145. The first-order valence-corrected chi connectivity index (χ1v) is 10.3. The molecular weight excluding hydrogens is 386 g/mol. The summed E-state index contributed by atoms with van der Waals surface area (Å²) in [5, 5.41) is 0. The van der Waals surface area contributed by atoms with Crippen molar-refractivity contribution >= 4 is 15.9 Å². The summed E-state index contributed by atoms with van der Waals surface area (Å²) < 4.78 is 7.00. The van der Waals surface area contributed by atoms with E-state index in [0.29, 0.717) is 6.04 Å². The second-order valence-corrected chi connectivity index (χ2v) is 9.44. The van der Waals surface area contributed by atoms with Crippen LogP contribution in [-0.4, -0.2) is 24.6 Å². The Labute approximate surface area is 165 Å². The molecular formula is C23H28BrNO. The largest absolute Gasteiger partial charge is 0.496 e. The van der Waals surface area contributed by atoms with Crippen LogP contribution in [0, 0.1) is 5.41 Å². The maximum absolute atomic E-state index is 5.76. The standard InChI is InChI=1S/C23H28BrNO/c1-22(2)20-14-17-19(26-4)11-10-18(24)21(17)23(22,3)12-13-25(20)15-16-8-6-5-7-9-16/h5-11,20H,12-15H2,1-4H3/t20-,23-/m1/s1. The fourth-order valence-corrected chi connectivity index (χ4v) is 6.10. The van der Waals surface area contributed by atoms with E-state index in [1.165, 1.54) is 27.6 Å². The lowest BCUT2D eigenvalue weighted by Crippen LogP contribution is -2.63. The highest BCUT2D eigenvalue weighted by atomic mass is 79.9. The molecule has 0 radical (unpaired) electrons. The number of likely N-dealkylation sites (tertiary alicyclic amines) is 1. The SMILES string of the molecule is COc1ccc(Br)c2c1C[C@H]1N(Cc3ccccc3)CC[C@@]2(C)C1(C)C. The number of ether oxygens (including phenoxy) is 1. The number of rotatable bonds is 3. The molecule has 2 bridgehead atoms. The van der Waals surface area contributed by atoms with Gasteiger partial charge in [0.15, 0.2) is 0 Å². The monoisotopic (exact) mass is 413 g/mol. The molecule has 0 unspecified atom stereocenters. The number of hydrogen-bond acceptors (Lipinski definition) is 2. The van der Waals surface area contributed by atoms with Crippen LogP contribution < -0.4 is 4.74 Å². The van der Waals surface area contributed by atoms with E-state index in [9.17, 15) is 0 Å². The van der Waals surface area contributed by atoms with Crippen molar-refractivity contribution in [2.75, 3.05) is 13.7 Å². The van der Waals surface area contributed by atoms with Gasteiger partial charge >= 0.3 is 0 Å². The lowest BCUT2D eigenvalue weighted by molar-refractivity contribution is -0.0429. The van der Waals surface area contributed by atoms with Gasteiger partial charge in [0, 0.05) is 28.0 Å². The molecule has 0 N–H and O–H groups in total. The summed E-state index contributed by atoms with van der Waals surface area (Å²) in [7, 11) is 1.79. The number of methoxy groups -OCH3 is 1. The number of hydrogen-bond donors (Lipinski definition) is 0. The number of fused-ring (bicyclic) bond motifs is 4. The van der Waals surface area contributed by atoms with E-state index in [1.54, 1.807) is 7.11 Å². The second-order valence-electron chi connectivity index (χ2n) is 8.58. The Morgan fingerprint density at radius 2 is 1.85 bits per heavy atom. The fourth-order valence-electron chi connectivity index (χ4n) is 5.29. The normalized spacial score (nSPS) is 27.0. The molecule has 0 saturated carbocycles. The highest BCUT2D eigenvalue weighted by Crippen LogP contribution is 2.59. The molecule has 2 aliphatic rings. The smallest absolute Gasteiger partial charge is 0.122 e. The van der Waals surface area contributed by atoms with Crippen molar-refractivity contribution in [1.29, 1.82) is 0 Å². The summed E-state index contributed by atoms with van der Waals surface area (Å²) in [5.74, 6) is 1.04. The van der Waals surface area contributed by atoms with Crippen LogP contribution in [-0.2, 0) is 18.4 Å². The van der Waals surface area contributed by atoms with Crippen molar-refractivity contribution in [2.45, 2.75) is 51.6 Å².